The second-order valence-corrected chi connectivity index (χ2v) is 8.74. The minimum Gasteiger partial charge on any atom is -0.355 e. The number of piperidine rings is 1. The van der Waals surface area contributed by atoms with Crippen molar-refractivity contribution in [1.82, 2.24) is 14.8 Å². The highest BCUT2D eigenvalue weighted by Crippen LogP contribution is 2.33. The third-order valence-electron chi connectivity index (χ3n) is 5.75. The van der Waals surface area contributed by atoms with Gasteiger partial charge >= 0.3 is 0 Å². The van der Waals surface area contributed by atoms with Crippen molar-refractivity contribution >= 4 is 33.1 Å². The fraction of sp³-hybridized carbons (Fsp3) is 0.600. The molecule has 0 bridgehead atoms. The Morgan fingerprint density at radius 2 is 2.08 bits per heavy atom. The molecule has 2 aliphatic rings. The van der Waals surface area contributed by atoms with Gasteiger partial charge in [-0.1, -0.05) is 6.92 Å². The van der Waals surface area contributed by atoms with Gasteiger partial charge in [0.15, 0.2) is 0 Å². The molecule has 2 saturated heterocycles. The van der Waals surface area contributed by atoms with Gasteiger partial charge in [-0.3, -0.25) is 4.79 Å². The molecule has 5 nitrogen and oxygen atoms in total. The summed E-state index contributed by atoms with van der Waals surface area (Å²) in [5.41, 5.74) is 0. The number of hydrogen-bond acceptors (Lipinski definition) is 5. The number of hydrogen-bond donors (Lipinski definition) is 0. The molecule has 2 aromatic heterocycles. The van der Waals surface area contributed by atoms with Crippen molar-refractivity contribution in [1.29, 1.82) is 0 Å². The molecule has 26 heavy (non-hydrogen) atoms. The molecule has 1 amide bonds. The number of piperazine rings is 1. The minimum absolute atomic E-state index is 0.105. The number of aryl methyl sites for hydroxylation is 1. The van der Waals surface area contributed by atoms with E-state index in [1.807, 2.05) is 17.5 Å². The van der Waals surface area contributed by atoms with Crippen LogP contribution in [0.3, 0.4) is 0 Å². The summed E-state index contributed by atoms with van der Waals surface area (Å²) in [4.78, 5) is 25.9. The topological polar surface area (TPSA) is 39.7 Å². The SMILES string of the molecule is CCN1CCN(C(=O)C2CCCN(c3nccc4sc(C)cc34)C2)CC1. The average molecular weight is 373 g/mol. The number of thiophene rings is 1. The van der Waals surface area contributed by atoms with Crippen molar-refractivity contribution in [3.63, 3.8) is 0 Å². The van der Waals surface area contributed by atoms with E-state index in [0.717, 1.165) is 64.5 Å². The molecule has 0 radical (unpaired) electrons. The van der Waals surface area contributed by atoms with Crippen LogP contribution in [0.5, 0.6) is 0 Å². The smallest absolute Gasteiger partial charge is 0.227 e. The van der Waals surface area contributed by atoms with E-state index in [0.29, 0.717) is 5.91 Å². The summed E-state index contributed by atoms with van der Waals surface area (Å²) in [6, 6.07) is 4.33. The van der Waals surface area contributed by atoms with Gasteiger partial charge in [0.05, 0.1) is 5.92 Å². The molecule has 2 fully saturated rings. The van der Waals surface area contributed by atoms with E-state index in [-0.39, 0.29) is 5.92 Å². The third kappa shape index (κ3) is 3.45. The van der Waals surface area contributed by atoms with E-state index in [1.54, 1.807) is 0 Å². The largest absolute Gasteiger partial charge is 0.355 e. The molecule has 2 aromatic rings. The third-order valence-corrected chi connectivity index (χ3v) is 6.76. The molecular formula is C20H28N4OS. The quantitative estimate of drug-likeness (QED) is 0.830. The van der Waals surface area contributed by atoms with Gasteiger partial charge in [0.1, 0.15) is 5.82 Å². The number of anilines is 1. The monoisotopic (exact) mass is 372 g/mol. The van der Waals surface area contributed by atoms with Crippen LogP contribution in [0.1, 0.15) is 24.6 Å². The Balaban J connectivity index is 1.48. The maximum atomic E-state index is 13.1. The Hall–Kier alpha value is -1.66. The molecule has 0 spiro atoms. The number of nitrogens with zero attached hydrogens (tertiary/aromatic N) is 4. The van der Waals surface area contributed by atoms with Crippen LogP contribution in [0.4, 0.5) is 5.82 Å². The molecule has 1 atom stereocenters. The summed E-state index contributed by atoms with van der Waals surface area (Å²) in [6.45, 7) is 11.0. The maximum Gasteiger partial charge on any atom is 0.227 e. The summed E-state index contributed by atoms with van der Waals surface area (Å²) >= 11 is 1.82. The van der Waals surface area contributed by atoms with Crippen molar-refractivity contribution in [3.8, 4) is 0 Å². The van der Waals surface area contributed by atoms with Gasteiger partial charge in [0.2, 0.25) is 5.91 Å². The van der Waals surface area contributed by atoms with Gasteiger partial charge in [-0.2, -0.15) is 0 Å². The second kappa shape index (κ2) is 7.53. The highest BCUT2D eigenvalue weighted by molar-refractivity contribution is 7.19. The summed E-state index contributed by atoms with van der Waals surface area (Å²) in [7, 11) is 0. The molecule has 140 valence electrons. The molecule has 0 N–H and O–H groups in total. The highest BCUT2D eigenvalue weighted by atomic mass is 32.1. The van der Waals surface area contributed by atoms with Gasteiger partial charge in [-0.15, -0.1) is 11.3 Å². The summed E-state index contributed by atoms with van der Waals surface area (Å²) in [5, 5.41) is 1.24. The van der Waals surface area contributed by atoms with Crippen LogP contribution >= 0.6 is 11.3 Å². The molecule has 0 aliphatic carbocycles. The van der Waals surface area contributed by atoms with Crippen LogP contribution < -0.4 is 4.90 Å². The van der Waals surface area contributed by atoms with Gasteiger partial charge in [-0.05, 0) is 38.4 Å². The molecule has 0 saturated carbocycles. The van der Waals surface area contributed by atoms with E-state index in [2.05, 4.69) is 45.7 Å². The van der Waals surface area contributed by atoms with E-state index >= 15 is 0 Å². The van der Waals surface area contributed by atoms with Gasteiger partial charge in [0.25, 0.3) is 0 Å². The normalized spacial score (nSPS) is 22.2. The predicted molar refractivity (Wildman–Crippen MR) is 108 cm³/mol. The van der Waals surface area contributed by atoms with Gasteiger partial charge in [0, 0.05) is 60.4 Å². The number of carbonyl (C=O) groups excluding carboxylic acids is 1. The van der Waals surface area contributed by atoms with E-state index in [9.17, 15) is 4.79 Å². The Morgan fingerprint density at radius 1 is 1.27 bits per heavy atom. The second-order valence-electron chi connectivity index (χ2n) is 7.45. The summed E-state index contributed by atoms with van der Waals surface area (Å²) < 4.78 is 1.29. The zero-order chi connectivity index (χ0) is 18.1. The average Bonchev–Trinajstić information content (AvgIpc) is 3.07. The Labute approximate surface area is 159 Å². The van der Waals surface area contributed by atoms with Crippen LogP contribution in [-0.4, -0.2) is 66.5 Å². The highest BCUT2D eigenvalue weighted by Gasteiger charge is 2.31. The lowest BCUT2D eigenvalue weighted by molar-refractivity contribution is -0.137. The zero-order valence-electron chi connectivity index (χ0n) is 15.8. The minimum atomic E-state index is 0.105. The van der Waals surface area contributed by atoms with Crippen LogP contribution in [0.25, 0.3) is 10.1 Å². The lowest BCUT2D eigenvalue weighted by atomic mass is 9.96. The molecule has 2 aliphatic heterocycles. The van der Waals surface area contributed by atoms with Crippen LogP contribution in [-0.2, 0) is 4.79 Å². The van der Waals surface area contributed by atoms with Crippen molar-refractivity contribution in [2.75, 3.05) is 50.7 Å². The Bertz CT molecular complexity index is 781. The zero-order valence-corrected chi connectivity index (χ0v) is 16.6. The van der Waals surface area contributed by atoms with E-state index < -0.39 is 0 Å². The molecule has 6 heteroatoms. The van der Waals surface area contributed by atoms with Crippen LogP contribution in [0.15, 0.2) is 18.3 Å². The first-order valence-electron chi connectivity index (χ1n) is 9.77. The molecule has 0 aromatic carbocycles. The molecular weight excluding hydrogens is 344 g/mol. The fourth-order valence-corrected chi connectivity index (χ4v) is 5.15. The van der Waals surface area contributed by atoms with Crippen molar-refractivity contribution in [2.45, 2.75) is 26.7 Å². The Morgan fingerprint density at radius 3 is 2.85 bits per heavy atom. The predicted octanol–water partition coefficient (Wildman–Crippen LogP) is 2.99. The number of fused-ring (bicyclic) bond motifs is 1. The van der Waals surface area contributed by atoms with Crippen LogP contribution in [0.2, 0.25) is 0 Å². The van der Waals surface area contributed by atoms with Gasteiger partial charge in [-0.25, -0.2) is 4.98 Å². The number of pyridine rings is 1. The first-order chi connectivity index (χ1) is 12.7. The number of amides is 1. The first kappa shape index (κ1) is 17.7. The number of likely N-dealkylation sites (N-methyl/N-ethyl adjacent to an activating group) is 1. The Kier molecular flexibility index (Phi) is 5.14. The lowest BCUT2D eigenvalue weighted by Crippen LogP contribution is -2.52. The number of carbonyl (C=O) groups is 1. The number of rotatable bonds is 3. The summed E-state index contributed by atoms with van der Waals surface area (Å²) in [6.07, 6.45) is 3.97. The fourth-order valence-electron chi connectivity index (χ4n) is 4.24. The van der Waals surface area contributed by atoms with Crippen molar-refractivity contribution in [3.05, 3.63) is 23.2 Å². The van der Waals surface area contributed by atoms with E-state index in [4.69, 9.17) is 0 Å². The molecule has 4 heterocycles. The molecule has 1 unspecified atom stereocenters. The standard InChI is InChI=1S/C20H28N4OS/c1-3-22-9-11-23(12-10-22)20(25)16-5-4-8-24(14-16)19-17-13-15(2)26-18(17)6-7-21-19/h6-7,13,16H,3-5,8-12,14H2,1-2H3. The van der Waals surface area contributed by atoms with Crippen molar-refractivity contribution in [2.24, 2.45) is 5.92 Å². The lowest BCUT2D eigenvalue weighted by Gasteiger charge is -2.39. The number of aromatic nitrogens is 1. The van der Waals surface area contributed by atoms with Crippen LogP contribution in [0, 0.1) is 12.8 Å². The van der Waals surface area contributed by atoms with Gasteiger partial charge < -0.3 is 14.7 Å². The van der Waals surface area contributed by atoms with E-state index in [1.165, 1.54) is 15.0 Å². The maximum absolute atomic E-state index is 13.1. The van der Waals surface area contributed by atoms with Crippen molar-refractivity contribution < 1.29 is 4.79 Å². The molecule has 4 rings (SSSR count). The summed E-state index contributed by atoms with van der Waals surface area (Å²) in [5.74, 6) is 1.51. The first-order valence-corrected chi connectivity index (χ1v) is 10.6.